The van der Waals surface area contributed by atoms with Gasteiger partial charge in [0.1, 0.15) is 5.75 Å². The Bertz CT molecular complexity index is 1090. The molecule has 0 radical (unpaired) electrons. The summed E-state index contributed by atoms with van der Waals surface area (Å²) >= 11 is 0. The van der Waals surface area contributed by atoms with Crippen LogP contribution in [0.3, 0.4) is 0 Å². The Balaban J connectivity index is 1.16. The molecule has 0 aromatic heterocycles. The summed E-state index contributed by atoms with van der Waals surface area (Å²) in [5, 5.41) is 19.0. The first-order valence-electron chi connectivity index (χ1n) is 13.2. The monoisotopic (exact) mass is 534 g/mol. The maximum absolute atomic E-state index is 11.4. The van der Waals surface area contributed by atoms with Gasteiger partial charge in [-0.25, -0.2) is 13.6 Å². The zero-order valence-electron chi connectivity index (χ0n) is 22.1. The fraction of sp³-hybridized carbons (Fsp3) is 0.571. The van der Waals surface area contributed by atoms with Crippen molar-refractivity contribution in [1.29, 1.82) is 0 Å². The summed E-state index contributed by atoms with van der Waals surface area (Å²) in [5.74, 6) is 0.204. The van der Waals surface area contributed by atoms with Crippen molar-refractivity contribution in [3.8, 4) is 5.75 Å². The van der Waals surface area contributed by atoms with E-state index in [9.17, 15) is 13.5 Å². The summed E-state index contributed by atoms with van der Waals surface area (Å²) in [4.78, 5) is 0.155. The standard InChI is InChI=1S/C28H42N2O6S/c1-28(2)35-21-24-19-23(13-14-27(24)36-28)26(31)20-30-15-6-4-3-5-7-16-34-17-9-11-22-10-8-12-25(18-22)37(29,32)33/h8,10,12-14,18-19,26,30-31H,3-7,9,11,15-17,20-21H2,1-2H3,(H2,29,32,33)/t26-/m1/s1. The number of rotatable bonds is 16. The van der Waals surface area contributed by atoms with E-state index in [4.69, 9.17) is 19.3 Å². The van der Waals surface area contributed by atoms with Crippen LogP contribution in [0.1, 0.15) is 75.2 Å². The lowest BCUT2D eigenvalue weighted by molar-refractivity contribution is -0.180. The fourth-order valence-electron chi connectivity index (χ4n) is 4.26. The average Bonchev–Trinajstić information content (AvgIpc) is 2.85. The van der Waals surface area contributed by atoms with Crippen LogP contribution in [0, 0.1) is 0 Å². The number of nitrogens with two attached hydrogens (primary N) is 1. The Kier molecular flexibility index (Phi) is 11.4. The van der Waals surface area contributed by atoms with Crippen LogP contribution in [0.4, 0.5) is 0 Å². The van der Waals surface area contributed by atoms with Gasteiger partial charge in [0.25, 0.3) is 0 Å². The highest BCUT2D eigenvalue weighted by Gasteiger charge is 2.27. The van der Waals surface area contributed by atoms with Crippen molar-refractivity contribution < 1.29 is 27.7 Å². The first-order chi connectivity index (χ1) is 17.6. The van der Waals surface area contributed by atoms with Crippen LogP contribution in [0.2, 0.25) is 0 Å². The second kappa shape index (κ2) is 14.2. The van der Waals surface area contributed by atoms with Crippen LogP contribution in [-0.4, -0.2) is 45.6 Å². The molecule has 1 aliphatic rings. The molecular weight excluding hydrogens is 492 g/mol. The number of hydrogen-bond donors (Lipinski definition) is 3. The molecule has 0 saturated heterocycles. The smallest absolute Gasteiger partial charge is 0.238 e. The molecule has 37 heavy (non-hydrogen) atoms. The molecule has 0 aliphatic carbocycles. The molecule has 1 heterocycles. The van der Waals surface area contributed by atoms with Gasteiger partial charge >= 0.3 is 0 Å². The molecule has 0 bridgehead atoms. The Labute approximate surface area is 221 Å². The van der Waals surface area contributed by atoms with Gasteiger partial charge in [0.2, 0.25) is 15.8 Å². The molecule has 0 amide bonds. The van der Waals surface area contributed by atoms with E-state index in [2.05, 4.69) is 5.32 Å². The molecule has 2 aromatic carbocycles. The van der Waals surface area contributed by atoms with Crippen LogP contribution >= 0.6 is 0 Å². The lowest BCUT2D eigenvalue weighted by atomic mass is 10.0. The molecule has 0 fully saturated rings. The predicted molar refractivity (Wildman–Crippen MR) is 144 cm³/mol. The molecular formula is C28H42N2O6S. The Hall–Kier alpha value is -2.01. The van der Waals surface area contributed by atoms with Crippen LogP contribution in [0.15, 0.2) is 47.4 Å². The van der Waals surface area contributed by atoms with E-state index in [-0.39, 0.29) is 4.90 Å². The molecule has 206 valence electrons. The van der Waals surface area contributed by atoms with E-state index in [0.717, 1.165) is 80.5 Å². The van der Waals surface area contributed by atoms with E-state index in [1.807, 2.05) is 38.1 Å². The molecule has 2 aromatic rings. The number of benzene rings is 2. The lowest BCUT2D eigenvalue weighted by Crippen LogP contribution is -2.35. The number of sulfonamides is 1. The van der Waals surface area contributed by atoms with E-state index in [1.165, 1.54) is 6.07 Å². The maximum Gasteiger partial charge on any atom is 0.238 e. The quantitative estimate of drug-likeness (QED) is 0.276. The van der Waals surface area contributed by atoms with Gasteiger partial charge in [-0.3, -0.25) is 0 Å². The van der Waals surface area contributed by atoms with Gasteiger partial charge < -0.3 is 24.6 Å². The van der Waals surface area contributed by atoms with E-state index in [0.29, 0.717) is 19.8 Å². The number of nitrogens with one attached hydrogen (secondary N) is 1. The normalized spacial score (nSPS) is 15.7. The van der Waals surface area contributed by atoms with E-state index < -0.39 is 21.9 Å². The molecule has 0 unspecified atom stereocenters. The van der Waals surface area contributed by atoms with Crippen molar-refractivity contribution in [2.75, 3.05) is 26.3 Å². The number of aliphatic hydroxyl groups is 1. The summed E-state index contributed by atoms with van der Waals surface area (Å²) in [6.07, 6.45) is 6.60. The molecule has 3 rings (SSSR count). The van der Waals surface area contributed by atoms with Crippen LogP contribution < -0.4 is 15.2 Å². The summed E-state index contributed by atoms with van der Waals surface area (Å²) < 4.78 is 40.1. The van der Waals surface area contributed by atoms with Crippen molar-refractivity contribution in [3.05, 3.63) is 59.2 Å². The van der Waals surface area contributed by atoms with Gasteiger partial charge in [-0.05, 0) is 67.6 Å². The zero-order chi connectivity index (χ0) is 26.7. The minimum Gasteiger partial charge on any atom is -0.463 e. The maximum atomic E-state index is 11.4. The first kappa shape index (κ1) is 29.5. The summed E-state index contributed by atoms with van der Waals surface area (Å²) in [6.45, 7) is 7.08. The molecule has 8 nitrogen and oxygen atoms in total. The van der Waals surface area contributed by atoms with Crippen LogP contribution in [0.5, 0.6) is 5.75 Å². The predicted octanol–water partition coefficient (Wildman–Crippen LogP) is 4.20. The Morgan fingerprint density at radius 1 is 1.05 bits per heavy atom. The number of hydrogen-bond acceptors (Lipinski definition) is 7. The SMILES string of the molecule is CC1(C)OCc2cc([C@H](O)CNCCCCCCCOCCCc3cccc(S(N)(=O)=O)c3)ccc2O1. The highest BCUT2D eigenvalue weighted by Crippen LogP contribution is 2.32. The van der Waals surface area contributed by atoms with Gasteiger partial charge in [0.15, 0.2) is 0 Å². The van der Waals surface area contributed by atoms with Crippen molar-refractivity contribution in [3.63, 3.8) is 0 Å². The van der Waals surface area contributed by atoms with Gasteiger partial charge in [0.05, 0.1) is 17.6 Å². The number of primary sulfonamides is 1. The summed E-state index contributed by atoms with van der Waals surface area (Å²) in [7, 11) is -3.66. The molecule has 1 atom stereocenters. The second-order valence-corrected chi connectivity index (χ2v) is 11.6. The zero-order valence-corrected chi connectivity index (χ0v) is 22.9. The van der Waals surface area contributed by atoms with E-state index in [1.54, 1.807) is 12.1 Å². The summed E-state index contributed by atoms with van der Waals surface area (Å²) in [6, 6.07) is 12.6. The third-order valence-electron chi connectivity index (χ3n) is 6.36. The fourth-order valence-corrected chi connectivity index (χ4v) is 4.85. The van der Waals surface area contributed by atoms with Crippen molar-refractivity contribution in [2.45, 2.75) is 82.2 Å². The second-order valence-electron chi connectivity index (χ2n) is 10.1. The van der Waals surface area contributed by atoms with E-state index >= 15 is 0 Å². The van der Waals surface area contributed by atoms with Crippen LogP contribution in [0.25, 0.3) is 0 Å². The molecule has 0 saturated carbocycles. The van der Waals surface area contributed by atoms with Crippen molar-refractivity contribution in [1.82, 2.24) is 5.32 Å². The highest BCUT2D eigenvalue weighted by molar-refractivity contribution is 7.89. The molecule has 1 aliphatic heterocycles. The minimum absolute atomic E-state index is 0.155. The largest absolute Gasteiger partial charge is 0.463 e. The molecule has 9 heteroatoms. The topological polar surface area (TPSA) is 120 Å². The average molecular weight is 535 g/mol. The van der Waals surface area contributed by atoms with Gasteiger partial charge in [-0.1, -0.05) is 37.5 Å². The molecule has 4 N–H and O–H groups in total. The number of aliphatic hydroxyl groups excluding tert-OH is 1. The Morgan fingerprint density at radius 3 is 2.62 bits per heavy atom. The third kappa shape index (κ3) is 10.3. The third-order valence-corrected chi connectivity index (χ3v) is 7.27. The van der Waals surface area contributed by atoms with Gasteiger partial charge in [-0.15, -0.1) is 0 Å². The number of aryl methyl sites for hydroxylation is 1. The first-order valence-corrected chi connectivity index (χ1v) is 14.7. The lowest BCUT2D eigenvalue weighted by Gasteiger charge is -2.33. The van der Waals surface area contributed by atoms with Gasteiger partial charge in [0, 0.05) is 39.2 Å². The number of ether oxygens (including phenoxy) is 3. The highest BCUT2D eigenvalue weighted by atomic mass is 32.2. The number of unbranched alkanes of at least 4 members (excludes halogenated alkanes) is 4. The van der Waals surface area contributed by atoms with Crippen LogP contribution in [-0.2, 0) is 32.5 Å². The van der Waals surface area contributed by atoms with Crippen molar-refractivity contribution >= 4 is 10.0 Å². The molecule has 0 spiro atoms. The number of fused-ring (bicyclic) bond motifs is 1. The van der Waals surface area contributed by atoms with Crippen molar-refractivity contribution in [2.24, 2.45) is 5.14 Å². The Morgan fingerprint density at radius 2 is 1.81 bits per heavy atom. The summed E-state index contributed by atoms with van der Waals surface area (Å²) in [5.41, 5.74) is 2.79. The minimum atomic E-state index is -3.66. The van der Waals surface area contributed by atoms with Gasteiger partial charge in [-0.2, -0.15) is 0 Å².